The van der Waals surface area contributed by atoms with E-state index in [0.29, 0.717) is 16.9 Å². The van der Waals surface area contributed by atoms with E-state index < -0.39 is 12.2 Å². The molecule has 1 aromatic carbocycles. The standard InChI is InChI=1S/C17H10ClF2N3O4/c1-8-15(22-7-25-8)16(24)23-14-3-2-9(6-21-14)10-4-12-13(5-11(10)18)27-17(19,20)26-12/h2-7H,1H3,(H,21,23,24). The molecular weight excluding hydrogens is 384 g/mol. The number of rotatable bonds is 3. The molecule has 0 fully saturated rings. The smallest absolute Gasteiger partial charge is 0.448 e. The maximum Gasteiger partial charge on any atom is 0.586 e. The number of aryl methyl sites for hydroxylation is 1. The van der Waals surface area contributed by atoms with E-state index in [4.69, 9.17) is 16.0 Å². The zero-order valence-electron chi connectivity index (χ0n) is 13.6. The zero-order valence-corrected chi connectivity index (χ0v) is 14.4. The summed E-state index contributed by atoms with van der Waals surface area (Å²) in [7, 11) is 0. The molecule has 138 valence electrons. The number of benzene rings is 1. The number of nitrogens with one attached hydrogen (secondary N) is 1. The van der Waals surface area contributed by atoms with Crippen molar-refractivity contribution >= 4 is 23.3 Å². The molecule has 0 saturated heterocycles. The lowest BCUT2D eigenvalue weighted by atomic mass is 10.1. The molecule has 1 amide bonds. The molecule has 7 nitrogen and oxygen atoms in total. The van der Waals surface area contributed by atoms with E-state index in [1.54, 1.807) is 13.0 Å². The van der Waals surface area contributed by atoms with E-state index in [1.165, 1.54) is 30.8 Å². The second-order valence-corrected chi connectivity index (χ2v) is 6.00. The first kappa shape index (κ1) is 17.2. The fraction of sp³-hybridized carbons (Fsp3) is 0.118. The maximum atomic E-state index is 13.2. The van der Waals surface area contributed by atoms with Gasteiger partial charge in [0.05, 0.1) is 5.02 Å². The van der Waals surface area contributed by atoms with Crippen LogP contribution in [0.4, 0.5) is 14.6 Å². The monoisotopic (exact) mass is 393 g/mol. The summed E-state index contributed by atoms with van der Waals surface area (Å²) >= 11 is 6.15. The van der Waals surface area contributed by atoms with Gasteiger partial charge in [-0.05, 0) is 25.1 Å². The summed E-state index contributed by atoms with van der Waals surface area (Å²) in [5.41, 5.74) is 1.12. The molecule has 0 radical (unpaired) electrons. The Hall–Kier alpha value is -3.20. The summed E-state index contributed by atoms with van der Waals surface area (Å²) in [5, 5.41) is 2.77. The van der Waals surface area contributed by atoms with Gasteiger partial charge in [-0.3, -0.25) is 4.79 Å². The molecule has 3 heterocycles. The van der Waals surface area contributed by atoms with Crippen LogP contribution in [-0.2, 0) is 0 Å². The largest absolute Gasteiger partial charge is 0.586 e. The van der Waals surface area contributed by atoms with Crippen LogP contribution in [-0.4, -0.2) is 22.2 Å². The van der Waals surface area contributed by atoms with Crippen molar-refractivity contribution in [3.63, 3.8) is 0 Å². The van der Waals surface area contributed by atoms with Crippen LogP contribution in [0.25, 0.3) is 11.1 Å². The molecule has 0 aliphatic carbocycles. The number of ether oxygens (including phenoxy) is 2. The molecule has 0 saturated carbocycles. The molecule has 0 spiro atoms. The first-order valence-corrected chi connectivity index (χ1v) is 7.97. The van der Waals surface area contributed by atoms with Crippen molar-refractivity contribution in [3.05, 3.63) is 53.3 Å². The third-order valence-corrected chi connectivity index (χ3v) is 4.08. The molecule has 27 heavy (non-hydrogen) atoms. The molecule has 1 aliphatic rings. The molecule has 0 atom stereocenters. The Morgan fingerprint density at radius 2 is 1.93 bits per heavy atom. The van der Waals surface area contributed by atoms with Gasteiger partial charge in [0.1, 0.15) is 11.6 Å². The first-order valence-electron chi connectivity index (χ1n) is 7.60. The molecule has 3 aromatic rings. The number of alkyl halides is 2. The molecule has 4 rings (SSSR count). The number of carbonyl (C=O) groups is 1. The fourth-order valence-electron chi connectivity index (χ4n) is 2.52. The Morgan fingerprint density at radius 1 is 1.19 bits per heavy atom. The number of anilines is 1. The van der Waals surface area contributed by atoms with Crippen molar-refractivity contribution in [2.45, 2.75) is 13.2 Å². The lowest BCUT2D eigenvalue weighted by Gasteiger charge is -2.07. The Balaban J connectivity index is 1.57. The highest BCUT2D eigenvalue weighted by Gasteiger charge is 2.43. The van der Waals surface area contributed by atoms with Crippen molar-refractivity contribution in [1.82, 2.24) is 9.97 Å². The predicted octanol–water partition coefficient (Wildman–Crippen LogP) is 4.27. The van der Waals surface area contributed by atoms with Crippen molar-refractivity contribution in [1.29, 1.82) is 0 Å². The normalized spacial score (nSPS) is 14.2. The third-order valence-electron chi connectivity index (χ3n) is 3.77. The van der Waals surface area contributed by atoms with E-state index in [9.17, 15) is 13.6 Å². The van der Waals surface area contributed by atoms with Gasteiger partial charge in [-0.15, -0.1) is 8.78 Å². The van der Waals surface area contributed by atoms with Crippen LogP contribution in [0.5, 0.6) is 11.5 Å². The van der Waals surface area contributed by atoms with Gasteiger partial charge < -0.3 is 19.2 Å². The minimum absolute atomic E-state index is 0.127. The summed E-state index contributed by atoms with van der Waals surface area (Å²) in [6.07, 6.45) is -1.12. The average molecular weight is 394 g/mol. The highest BCUT2D eigenvalue weighted by atomic mass is 35.5. The minimum Gasteiger partial charge on any atom is -0.448 e. The molecule has 1 N–H and O–H groups in total. The third kappa shape index (κ3) is 3.28. The van der Waals surface area contributed by atoms with Crippen molar-refractivity contribution < 1.29 is 27.5 Å². The first-order chi connectivity index (χ1) is 12.8. The van der Waals surface area contributed by atoms with Crippen LogP contribution in [0.3, 0.4) is 0 Å². The molecule has 0 bridgehead atoms. The Bertz CT molecular complexity index is 1040. The van der Waals surface area contributed by atoms with E-state index >= 15 is 0 Å². The average Bonchev–Trinajstić information content (AvgIpc) is 3.16. The number of pyridine rings is 1. The van der Waals surface area contributed by atoms with Gasteiger partial charge in [-0.2, -0.15) is 0 Å². The van der Waals surface area contributed by atoms with Crippen LogP contribution in [0, 0.1) is 6.92 Å². The van der Waals surface area contributed by atoms with Gasteiger partial charge in [-0.1, -0.05) is 11.6 Å². The van der Waals surface area contributed by atoms with Crippen LogP contribution >= 0.6 is 11.6 Å². The number of aromatic nitrogens is 2. The van der Waals surface area contributed by atoms with Gasteiger partial charge in [0.25, 0.3) is 5.91 Å². The lowest BCUT2D eigenvalue weighted by molar-refractivity contribution is -0.286. The number of amides is 1. The second kappa shape index (κ2) is 6.20. The quantitative estimate of drug-likeness (QED) is 0.715. The molecule has 10 heteroatoms. The van der Waals surface area contributed by atoms with Crippen molar-refractivity contribution in [3.8, 4) is 22.6 Å². The van der Waals surface area contributed by atoms with Crippen molar-refractivity contribution in [2.24, 2.45) is 0 Å². The maximum absolute atomic E-state index is 13.2. The Morgan fingerprint density at radius 3 is 2.56 bits per heavy atom. The zero-order chi connectivity index (χ0) is 19.2. The Kier molecular flexibility index (Phi) is 3.96. The molecule has 0 unspecified atom stereocenters. The van der Waals surface area contributed by atoms with Gasteiger partial charge in [0.2, 0.25) is 0 Å². The summed E-state index contributed by atoms with van der Waals surface area (Å²) in [6.45, 7) is 1.61. The number of fused-ring (bicyclic) bond motifs is 1. The van der Waals surface area contributed by atoms with Crippen LogP contribution in [0.15, 0.2) is 41.3 Å². The number of oxazole rings is 1. The molecule has 1 aliphatic heterocycles. The number of hydrogen-bond acceptors (Lipinski definition) is 6. The van der Waals surface area contributed by atoms with Gasteiger partial charge >= 0.3 is 6.29 Å². The molecular formula is C17H10ClF2N3O4. The van der Waals surface area contributed by atoms with Gasteiger partial charge in [-0.25, -0.2) is 9.97 Å². The number of halogens is 3. The van der Waals surface area contributed by atoms with Crippen LogP contribution in [0.2, 0.25) is 5.02 Å². The highest BCUT2D eigenvalue weighted by molar-refractivity contribution is 6.33. The fourth-order valence-corrected chi connectivity index (χ4v) is 2.78. The molecule has 2 aromatic heterocycles. The summed E-state index contributed by atoms with van der Waals surface area (Å²) in [6, 6.07) is 5.75. The van der Waals surface area contributed by atoms with E-state index in [1.807, 2.05) is 0 Å². The predicted molar refractivity (Wildman–Crippen MR) is 90.1 cm³/mol. The topological polar surface area (TPSA) is 86.5 Å². The number of carbonyl (C=O) groups excluding carboxylic acids is 1. The SMILES string of the molecule is Cc1ocnc1C(=O)Nc1ccc(-c2cc3c(cc2Cl)OC(F)(F)O3)cn1. The second-order valence-electron chi connectivity index (χ2n) is 5.59. The van der Waals surface area contributed by atoms with E-state index in [-0.39, 0.29) is 28.0 Å². The lowest BCUT2D eigenvalue weighted by Crippen LogP contribution is -2.25. The van der Waals surface area contributed by atoms with E-state index in [0.717, 1.165) is 0 Å². The van der Waals surface area contributed by atoms with Gasteiger partial charge in [0, 0.05) is 23.4 Å². The Labute approximate surface area is 155 Å². The van der Waals surface area contributed by atoms with Crippen LogP contribution < -0.4 is 14.8 Å². The number of hydrogen-bond donors (Lipinski definition) is 1. The minimum atomic E-state index is -3.73. The summed E-state index contributed by atoms with van der Waals surface area (Å²) < 4.78 is 40.1. The van der Waals surface area contributed by atoms with E-state index in [2.05, 4.69) is 24.8 Å². The summed E-state index contributed by atoms with van der Waals surface area (Å²) in [5.74, 6) is -0.0840. The van der Waals surface area contributed by atoms with Crippen LogP contribution in [0.1, 0.15) is 16.2 Å². The van der Waals surface area contributed by atoms with Crippen molar-refractivity contribution in [2.75, 3.05) is 5.32 Å². The summed E-state index contributed by atoms with van der Waals surface area (Å²) in [4.78, 5) is 20.0. The van der Waals surface area contributed by atoms with Gasteiger partial charge in [0.15, 0.2) is 23.6 Å². The number of nitrogens with zero attached hydrogens (tertiary/aromatic N) is 2. The highest BCUT2D eigenvalue weighted by Crippen LogP contribution is 2.45.